The van der Waals surface area contributed by atoms with Crippen molar-refractivity contribution < 1.29 is 14.7 Å². The van der Waals surface area contributed by atoms with Crippen molar-refractivity contribution in [3.63, 3.8) is 0 Å². The van der Waals surface area contributed by atoms with E-state index in [4.69, 9.17) is 5.11 Å². The van der Waals surface area contributed by atoms with Gasteiger partial charge in [-0.2, -0.15) is 0 Å². The largest absolute Gasteiger partial charge is 0.476 e. The summed E-state index contributed by atoms with van der Waals surface area (Å²) in [5, 5.41) is 13.6. The number of aromatic carboxylic acids is 1. The summed E-state index contributed by atoms with van der Waals surface area (Å²) in [6.45, 7) is 5.73. The molecule has 1 rings (SSSR count). The minimum Gasteiger partial charge on any atom is -0.476 e. The average Bonchev–Trinajstić information content (AvgIpc) is 2.64. The number of hydrogen-bond donors (Lipinski definition) is 2. The third-order valence-electron chi connectivity index (χ3n) is 2.08. The fraction of sp³-hybridized carbons (Fsp3) is 0.545. The minimum atomic E-state index is -1.05. The molecule has 0 aromatic carbocycles. The van der Waals surface area contributed by atoms with Gasteiger partial charge in [-0.05, 0) is 12.8 Å². The van der Waals surface area contributed by atoms with Crippen LogP contribution in [-0.2, 0) is 4.79 Å². The van der Waals surface area contributed by atoms with Crippen molar-refractivity contribution >= 4 is 23.2 Å². The summed E-state index contributed by atoms with van der Waals surface area (Å²) in [4.78, 5) is 26.1. The Hall–Kier alpha value is -1.43. The van der Waals surface area contributed by atoms with E-state index < -0.39 is 5.97 Å². The summed E-state index contributed by atoms with van der Waals surface area (Å²) in [6, 6.07) is -0.251. The Labute approximate surface area is 104 Å². The molecule has 1 amide bonds. The quantitative estimate of drug-likeness (QED) is 0.845. The molecule has 1 heterocycles. The van der Waals surface area contributed by atoms with Crippen molar-refractivity contribution in [2.45, 2.75) is 33.2 Å². The van der Waals surface area contributed by atoms with Crippen molar-refractivity contribution in [1.82, 2.24) is 10.3 Å². The maximum atomic E-state index is 11.5. The number of rotatable bonds is 5. The Kier molecular flexibility index (Phi) is 4.62. The predicted octanol–water partition coefficient (Wildman–Crippen LogP) is 2.06. The van der Waals surface area contributed by atoms with Crippen molar-refractivity contribution in [2.24, 2.45) is 5.92 Å². The standard InChI is InChI=1S/C11H16N2O3S/c1-6(2)4-9(14)12-7(3)10-13-8(5-17-10)11(15)16/h5-7H,4H2,1-3H3,(H,12,14)(H,15,16). The van der Waals surface area contributed by atoms with E-state index >= 15 is 0 Å². The van der Waals surface area contributed by atoms with Crippen LogP contribution in [-0.4, -0.2) is 22.0 Å². The van der Waals surface area contributed by atoms with E-state index in [9.17, 15) is 9.59 Å². The lowest BCUT2D eigenvalue weighted by atomic mass is 10.1. The molecule has 2 N–H and O–H groups in total. The number of nitrogens with zero attached hydrogens (tertiary/aromatic N) is 1. The van der Waals surface area contributed by atoms with Gasteiger partial charge < -0.3 is 10.4 Å². The highest BCUT2D eigenvalue weighted by Crippen LogP contribution is 2.18. The molecule has 0 aliphatic heterocycles. The number of carboxylic acid groups (broad SMARTS) is 1. The first-order valence-electron chi connectivity index (χ1n) is 5.38. The van der Waals surface area contributed by atoms with Crippen LogP contribution in [0.1, 0.15) is 48.7 Å². The smallest absolute Gasteiger partial charge is 0.355 e. The molecular formula is C11H16N2O3S. The van der Waals surface area contributed by atoms with Crippen molar-refractivity contribution in [2.75, 3.05) is 0 Å². The van der Waals surface area contributed by atoms with Crippen LogP contribution in [0, 0.1) is 5.92 Å². The lowest BCUT2D eigenvalue weighted by Gasteiger charge is -2.12. The zero-order valence-corrected chi connectivity index (χ0v) is 10.9. The molecule has 17 heavy (non-hydrogen) atoms. The first-order chi connectivity index (χ1) is 7.90. The molecule has 0 radical (unpaired) electrons. The van der Waals surface area contributed by atoms with Gasteiger partial charge in [-0.25, -0.2) is 9.78 Å². The Morgan fingerprint density at radius 1 is 1.47 bits per heavy atom. The van der Waals surface area contributed by atoms with Crippen LogP contribution in [0.25, 0.3) is 0 Å². The second-order valence-corrected chi connectivity index (χ2v) is 5.15. The molecular weight excluding hydrogens is 240 g/mol. The Morgan fingerprint density at radius 2 is 2.12 bits per heavy atom. The molecule has 1 aromatic heterocycles. The first-order valence-corrected chi connectivity index (χ1v) is 6.26. The lowest BCUT2D eigenvalue weighted by Crippen LogP contribution is -2.27. The van der Waals surface area contributed by atoms with Crippen LogP contribution in [0.15, 0.2) is 5.38 Å². The number of carbonyl (C=O) groups is 2. The molecule has 5 nitrogen and oxygen atoms in total. The van der Waals surface area contributed by atoms with Gasteiger partial charge in [-0.3, -0.25) is 4.79 Å². The van der Waals surface area contributed by atoms with Gasteiger partial charge in [0.05, 0.1) is 6.04 Å². The zero-order valence-electron chi connectivity index (χ0n) is 10.1. The van der Waals surface area contributed by atoms with E-state index in [0.29, 0.717) is 17.3 Å². The van der Waals surface area contributed by atoms with Crippen molar-refractivity contribution in [3.05, 3.63) is 16.1 Å². The number of hydrogen-bond acceptors (Lipinski definition) is 4. The minimum absolute atomic E-state index is 0.0231. The van der Waals surface area contributed by atoms with E-state index in [0.717, 1.165) is 0 Å². The maximum absolute atomic E-state index is 11.5. The van der Waals surface area contributed by atoms with Crippen LogP contribution in [0.5, 0.6) is 0 Å². The molecule has 1 unspecified atom stereocenters. The second kappa shape index (κ2) is 5.77. The zero-order chi connectivity index (χ0) is 13.0. The van der Waals surface area contributed by atoms with Gasteiger partial charge in [-0.1, -0.05) is 13.8 Å². The van der Waals surface area contributed by atoms with E-state index in [-0.39, 0.29) is 17.6 Å². The number of aromatic nitrogens is 1. The van der Waals surface area contributed by atoms with Crippen molar-refractivity contribution in [3.8, 4) is 0 Å². The van der Waals surface area contributed by atoms with E-state index in [2.05, 4.69) is 10.3 Å². The summed E-state index contributed by atoms with van der Waals surface area (Å²) >= 11 is 1.24. The highest BCUT2D eigenvalue weighted by Gasteiger charge is 2.16. The molecule has 6 heteroatoms. The van der Waals surface area contributed by atoms with Crippen LogP contribution in [0.2, 0.25) is 0 Å². The fourth-order valence-electron chi connectivity index (χ4n) is 1.32. The number of carbonyl (C=O) groups excluding carboxylic acids is 1. The van der Waals surface area contributed by atoms with E-state index in [1.165, 1.54) is 16.7 Å². The summed E-state index contributed by atoms with van der Waals surface area (Å²) in [5.41, 5.74) is 0.0231. The highest BCUT2D eigenvalue weighted by molar-refractivity contribution is 7.09. The molecule has 0 fully saturated rings. The highest BCUT2D eigenvalue weighted by atomic mass is 32.1. The third kappa shape index (κ3) is 4.14. The molecule has 0 saturated carbocycles. The summed E-state index contributed by atoms with van der Waals surface area (Å²) in [7, 11) is 0. The number of thiazole rings is 1. The molecule has 0 aliphatic rings. The van der Waals surface area contributed by atoms with Crippen molar-refractivity contribution in [1.29, 1.82) is 0 Å². The molecule has 0 aliphatic carbocycles. The monoisotopic (exact) mass is 256 g/mol. The molecule has 0 spiro atoms. The Balaban J connectivity index is 2.60. The van der Waals surface area contributed by atoms with Gasteiger partial charge >= 0.3 is 5.97 Å². The molecule has 94 valence electrons. The average molecular weight is 256 g/mol. The summed E-state index contributed by atoms with van der Waals surface area (Å²) < 4.78 is 0. The van der Waals surface area contributed by atoms with Crippen LogP contribution in [0.4, 0.5) is 0 Å². The van der Waals surface area contributed by atoms with Gasteiger partial charge in [0.25, 0.3) is 0 Å². The predicted molar refractivity (Wildman–Crippen MR) is 65.1 cm³/mol. The maximum Gasteiger partial charge on any atom is 0.355 e. The topological polar surface area (TPSA) is 79.3 Å². The van der Waals surface area contributed by atoms with E-state index in [1.54, 1.807) is 6.92 Å². The Morgan fingerprint density at radius 3 is 2.59 bits per heavy atom. The number of amides is 1. The second-order valence-electron chi connectivity index (χ2n) is 4.26. The lowest BCUT2D eigenvalue weighted by molar-refractivity contribution is -0.122. The molecule has 1 aromatic rings. The molecule has 0 bridgehead atoms. The van der Waals surface area contributed by atoms with Crippen LogP contribution >= 0.6 is 11.3 Å². The summed E-state index contributed by atoms with van der Waals surface area (Å²) in [6.07, 6.45) is 0.460. The normalized spacial score (nSPS) is 12.5. The van der Waals surface area contributed by atoms with Gasteiger partial charge in [0.15, 0.2) is 5.69 Å². The first kappa shape index (κ1) is 13.6. The summed E-state index contributed by atoms with van der Waals surface area (Å²) in [5.74, 6) is -0.791. The number of nitrogens with one attached hydrogen (secondary N) is 1. The Bertz CT molecular complexity index is 415. The third-order valence-corrected chi connectivity index (χ3v) is 3.11. The SMILES string of the molecule is CC(C)CC(=O)NC(C)c1nc(C(=O)O)cs1. The van der Waals surface area contributed by atoms with Crippen LogP contribution in [0.3, 0.4) is 0 Å². The van der Waals surface area contributed by atoms with Gasteiger partial charge in [0, 0.05) is 11.8 Å². The number of carboxylic acids is 1. The molecule has 0 saturated heterocycles. The van der Waals surface area contributed by atoms with Gasteiger partial charge in [-0.15, -0.1) is 11.3 Å². The fourth-order valence-corrected chi connectivity index (χ4v) is 2.12. The van der Waals surface area contributed by atoms with Crippen LogP contribution < -0.4 is 5.32 Å². The van der Waals surface area contributed by atoms with Gasteiger partial charge in [0.2, 0.25) is 5.91 Å². The van der Waals surface area contributed by atoms with Gasteiger partial charge in [0.1, 0.15) is 5.01 Å². The van der Waals surface area contributed by atoms with E-state index in [1.807, 2.05) is 13.8 Å². The molecule has 1 atom stereocenters.